The van der Waals surface area contributed by atoms with Gasteiger partial charge >= 0.3 is 5.91 Å². The highest BCUT2D eigenvalue weighted by Gasteiger charge is 2.12. The van der Waals surface area contributed by atoms with Crippen LogP contribution in [0.25, 0.3) is 0 Å². The van der Waals surface area contributed by atoms with Gasteiger partial charge in [0.1, 0.15) is 5.69 Å². The summed E-state index contributed by atoms with van der Waals surface area (Å²) in [6, 6.07) is 12.0. The summed E-state index contributed by atoms with van der Waals surface area (Å²) in [5.74, 6) is -0.574. The zero-order valence-corrected chi connectivity index (χ0v) is 16.1. The smallest absolute Gasteiger partial charge is 0.307 e. The highest BCUT2D eigenvalue weighted by Crippen LogP contribution is 2.15. The van der Waals surface area contributed by atoms with E-state index in [1.807, 2.05) is 6.07 Å². The van der Waals surface area contributed by atoms with E-state index in [1.54, 1.807) is 56.6 Å². The molecule has 0 saturated carbocycles. The average Bonchev–Trinajstić information content (AvgIpc) is 3.28. The Kier molecular flexibility index (Phi) is 5.51. The molecule has 0 bridgehead atoms. The van der Waals surface area contributed by atoms with Gasteiger partial charge in [0, 0.05) is 18.9 Å². The molecular weight excluding hydrogens is 414 g/mol. The standard InChI is InChI=1S/C18H16BrN5O3/c1-11(22-23-18(26)15-6-7-16(19)27-15)12-4-3-5-13(10-12)21-17(25)14-8-9-20-24(14)2/h3-10H,1-2H3,(H,21,25)(H,23,26)/b22-11-. The number of carbonyl (C=O) groups excluding carboxylic acids is 2. The number of hydrogen-bond donors (Lipinski definition) is 2. The number of nitrogens with zero attached hydrogens (tertiary/aromatic N) is 3. The molecule has 9 heteroatoms. The van der Waals surface area contributed by atoms with Crippen LogP contribution >= 0.6 is 15.9 Å². The van der Waals surface area contributed by atoms with Gasteiger partial charge in [0.2, 0.25) is 0 Å². The Morgan fingerprint density at radius 2 is 2.00 bits per heavy atom. The SMILES string of the molecule is C/C(=N/NC(=O)c1ccc(Br)o1)c1cccc(NC(=O)c2ccnn2C)c1. The lowest BCUT2D eigenvalue weighted by molar-refractivity contribution is 0.0925. The summed E-state index contributed by atoms with van der Waals surface area (Å²) in [4.78, 5) is 24.2. The number of benzene rings is 1. The first-order valence-corrected chi connectivity index (χ1v) is 8.73. The number of anilines is 1. The molecule has 0 radical (unpaired) electrons. The fraction of sp³-hybridized carbons (Fsp3) is 0.111. The molecule has 27 heavy (non-hydrogen) atoms. The summed E-state index contributed by atoms with van der Waals surface area (Å²) < 4.78 is 7.13. The molecule has 3 rings (SSSR count). The number of halogens is 1. The van der Waals surface area contributed by atoms with E-state index in [2.05, 4.69) is 36.9 Å². The molecule has 2 heterocycles. The lowest BCUT2D eigenvalue weighted by Crippen LogP contribution is -2.19. The Hall–Kier alpha value is -3.20. The molecule has 0 atom stereocenters. The lowest BCUT2D eigenvalue weighted by atomic mass is 10.1. The molecule has 0 aliphatic rings. The summed E-state index contributed by atoms with van der Waals surface area (Å²) >= 11 is 3.14. The van der Waals surface area contributed by atoms with Crippen molar-refractivity contribution in [2.75, 3.05) is 5.32 Å². The van der Waals surface area contributed by atoms with Gasteiger partial charge in [0.05, 0.1) is 5.71 Å². The van der Waals surface area contributed by atoms with Gasteiger partial charge in [0.25, 0.3) is 5.91 Å². The van der Waals surface area contributed by atoms with E-state index in [-0.39, 0.29) is 11.7 Å². The van der Waals surface area contributed by atoms with Crippen LogP contribution in [-0.4, -0.2) is 27.3 Å². The number of carbonyl (C=O) groups is 2. The van der Waals surface area contributed by atoms with Crippen LogP contribution in [-0.2, 0) is 7.05 Å². The summed E-state index contributed by atoms with van der Waals surface area (Å²) in [7, 11) is 1.70. The third-order valence-corrected chi connectivity index (χ3v) is 4.14. The van der Waals surface area contributed by atoms with E-state index in [4.69, 9.17) is 4.42 Å². The molecule has 0 unspecified atom stereocenters. The first-order valence-electron chi connectivity index (χ1n) is 7.94. The number of hydrazone groups is 1. The maximum Gasteiger partial charge on any atom is 0.307 e. The Labute approximate surface area is 163 Å². The van der Waals surface area contributed by atoms with Gasteiger partial charge in [-0.2, -0.15) is 10.2 Å². The first kappa shape index (κ1) is 18.6. The molecule has 8 nitrogen and oxygen atoms in total. The Balaban J connectivity index is 1.69. The predicted octanol–water partition coefficient (Wildman–Crippen LogP) is 3.18. The first-order chi connectivity index (χ1) is 12.9. The maximum atomic E-state index is 12.3. The van der Waals surface area contributed by atoms with Crippen molar-refractivity contribution in [2.45, 2.75) is 6.92 Å². The maximum absolute atomic E-state index is 12.3. The number of rotatable bonds is 5. The van der Waals surface area contributed by atoms with E-state index in [0.29, 0.717) is 21.8 Å². The van der Waals surface area contributed by atoms with Crippen LogP contribution in [0.4, 0.5) is 5.69 Å². The minimum absolute atomic E-state index is 0.149. The van der Waals surface area contributed by atoms with Crippen molar-refractivity contribution >= 4 is 39.1 Å². The molecule has 138 valence electrons. The minimum Gasteiger partial charge on any atom is -0.444 e. The highest BCUT2D eigenvalue weighted by atomic mass is 79.9. The quantitative estimate of drug-likeness (QED) is 0.480. The third-order valence-electron chi connectivity index (χ3n) is 3.71. The number of furan rings is 1. The molecule has 0 spiro atoms. The summed E-state index contributed by atoms with van der Waals surface area (Å²) in [6.07, 6.45) is 1.56. The van der Waals surface area contributed by atoms with Crippen LogP contribution in [0.5, 0.6) is 0 Å². The lowest BCUT2D eigenvalue weighted by Gasteiger charge is -2.08. The van der Waals surface area contributed by atoms with E-state index >= 15 is 0 Å². The molecule has 2 N–H and O–H groups in total. The normalized spacial score (nSPS) is 11.3. The van der Waals surface area contributed by atoms with Crippen molar-refractivity contribution in [3.8, 4) is 0 Å². The van der Waals surface area contributed by atoms with Crippen LogP contribution in [0.3, 0.4) is 0 Å². The second-order valence-corrected chi connectivity index (χ2v) is 6.40. The Morgan fingerprint density at radius 1 is 1.19 bits per heavy atom. The van der Waals surface area contributed by atoms with E-state index < -0.39 is 5.91 Å². The van der Waals surface area contributed by atoms with Crippen LogP contribution in [0.2, 0.25) is 0 Å². The van der Waals surface area contributed by atoms with E-state index in [0.717, 1.165) is 5.56 Å². The van der Waals surface area contributed by atoms with Crippen molar-refractivity contribution < 1.29 is 14.0 Å². The fourth-order valence-corrected chi connectivity index (χ4v) is 2.61. The summed E-state index contributed by atoms with van der Waals surface area (Å²) in [6.45, 7) is 1.75. The molecule has 0 aliphatic heterocycles. The van der Waals surface area contributed by atoms with E-state index in [9.17, 15) is 9.59 Å². The molecule has 1 aromatic carbocycles. The van der Waals surface area contributed by atoms with Gasteiger partial charge in [-0.1, -0.05) is 12.1 Å². The zero-order valence-electron chi connectivity index (χ0n) is 14.6. The molecule has 2 amide bonds. The predicted molar refractivity (Wildman–Crippen MR) is 104 cm³/mol. The number of amides is 2. The second-order valence-electron chi connectivity index (χ2n) is 5.62. The summed E-state index contributed by atoms with van der Waals surface area (Å²) in [5, 5.41) is 10.9. The monoisotopic (exact) mass is 429 g/mol. The van der Waals surface area contributed by atoms with Crippen LogP contribution in [0.1, 0.15) is 33.5 Å². The molecule has 0 fully saturated rings. The van der Waals surface area contributed by atoms with Gasteiger partial charge in [-0.15, -0.1) is 0 Å². The number of aryl methyl sites for hydroxylation is 1. The van der Waals surface area contributed by atoms with Crippen molar-refractivity contribution in [2.24, 2.45) is 12.1 Å². The molecule has 3 aromatic rings. The topological polar surface area (TPSA) is 102 Å². The van der Waals surface area contributed by atoms with Crippen molar-refractivity contribution in [1.29, 1.82) is 0 Å². The van der Waals surface area contributed by atoms with Crippen molar-refractivity contribution in [3.63, 3.8) is 0 Å². The van der Waals surface area contributed by atoms with E-state index in [1.165, 1.54) is 4.68 Å². The number of hydrogen-bond acceptors (Lipinski definition) is 5. The largest absolute Gasteiger partial charge is 0.444 e. The second kappa shape index (κ2) is 8.00. The number of aromatic nitrogens is 2. The van der Waals surface area contributed by atoms with Gasteiger partial charge < -0.3 is 9.73 Å². The highest BCUT2D eigenvalue weighted by molar-refractivity contribution is 9.10. The third kappa shape index (κ3) is 4.50. The molecular formula is C18H16BrN5O3. The van der Waals surface area contributed by atoms with Crippen LogP contribution < -0.4 is 10.7 Å². The van der Waals surface area contributed by atoms with Crippen molar-refractivity contribution in [1.82, 2.24) is 15.2 Å². The molecule has 2 aromatic heterocycles. The summed E-state index contributed by atoms with van der Waals surface area (Å²) in [5.41, 5.74) is 4.81. The van der Waals surface area contributed by atoms with Crippen LogP contribution in [0, 0.1) is 0 Å². The van der Waals surface area contributed by atoms with Crippen LogP contribution in [0.15, 0.2) is 62.8 Å². The Morgan fingerprint density at radius 3 is 2.67 bits per heavy atom. The van der Waals surface area contributed by atoms with Gasteiger partial charge in [-0.3, -0.25) is 14.3 Å². The number of nitrogens with one attached hydrogen (secondary N) is 2. The fourth-order valence-electron chi connectivity index (χ4n) is 2.30. The minimum atomic E-state index is -0.458. The zero-order chi connectivity index (χ0) is 19.4. The molecule has 0 saturated heterocycles. The van der Waals surface area contributed by atoms with Gasteiger partial charge in [0.15, 0.2) is 10.4 Å². The van der Waals surface area contributed by atoms with Crippen molar-refractivity contribution in [3.05, 3.63) is 70.3 Å². The van der Waals surface area contributed by atoms with Gasteiger partial charge in [-0.25, -0.2) is 5.43 Å². The van der Waals surface area contributed by atoms with Gasteiger partial charge in [-0.05, 0) is 58.7 Å². The average molecular weight is 430 g/mol. The Bertz CT molecular complexity index is 1020. The molecule has 0 aliphatic carbocycles.